The highest BCUT2D eigenvalue weighted by atomic mass is 19.1. The van der Waals surface area contributed by atoms with Gasteiger partial charge in [-0.3, -0.25) is 4.79 Å². The van der Waals surface area contributed by atoms with E-state index in [9.17, 15) is 9.18 Å². The van der Waals surface area contributed by atoms with Crippen molar-refractivity contribution in [3.05, 3.63) is 89.7 Å². The SMILES string of the molecule is COc1ccc(CNC(=O)C2CCN(c3nc4ccccc4n3Cc3ccc(F)cc3)CC2)cc1. The number of para-hydroxylation sites is 2. The molecule has 0 saturated carbocycles. The number of nitrogens with zero attached hydrogens (tertiary/aromatic N) is 3. The van der Waals surface area contributed by atoms with Crippen LogP contribution in [0.25, 0.3) is 11.0 Å². The fraction of sp³-hybridized carbons (Fsp3) is 0.286. The molecular formula is C28H29FN4O2. The number of imidazole rings is 1. The molecule has 6 nitrogen and oxygen atoms in total. The van der Waals surface area contributed by atoms with E-state index in [1.807, 2.05) is 54.6 Å². The van der Waals surface area contributed by atoms with Gasteiger partial charge in [-0.05, 0) is 60.4 Å². The van der Waals surface area contributed by atoms with Crippen molar-refractivity contribution in [3.8, 4) is 5.75 Å². The molecule has 180 valence electrons. The van der Waals surface area contributed by atoms with Gasteiger partial charge in [-0.1, -0.05) is 36.4 Å². The minimum absolute atomic E-state index is 0.0144. The number of nitrogens with one attached hydrogen (secondary N) is 1. The number of rotatable bonds is 7. The highest BCUT2D eigenvalue weighted by Crippen LogP contribution is 2.28. The molecule has 1 aliphatic heterocycles. The summed E-state index contributed by atoms with van der Waals surface area (Å²) in [4.78, 5) is 20.0. The van der Waals surface area contributed by atoms with Crippen molar-refractivity contribution in [1.29, 1.82) is 0 Å². The Balaban J connectivity index is 1.25. The van der Waals surface area contributed by atoms with Crippen molar-refractivity contribution >= 4 is 22.9 Å². The van der Waals surface area contributed by atoms with Crippen molar-refractivity contribution in [2.45, 2.75) is 25.9 Å². The molecule has 0 radical (unpaired) electrons. The van der Waals surface area contributed by atoms with Gasteiger partial charge in [-0.2, -0.15) is 0 Å². The van der Waals surface area contributed by atoms with Crippen LogP contribution in [0.5, 0.6) is 5.75 Å². The summed E-state index contributed by atoms with van der Waals surface area (Å²) in [5.74, 6) is 1.54. The molecule has 1 amide bonds. The van der Waals surface area contributed by atoms with Crippen molar-refractivity contribution in [3.63, 3.8) is 0 Å². The zero-order valence-corrected chi connectivity index (χ0v) is 19.8. The number of halogens is 1. The average Bonchev–Trinajstić information content (AvgIpc) is 3.27. The summed E-state index contributed by atoms with van der Waals surface area (Å²) in [6.07, 6.45) is 1.54. The summed E-state index contributed by atoms with van der Waals surface area (Å²) >= 11 is 0. The van der Waals surface area contributed by atoms with E-state index in [1.54, 1.807) is 7.11 Å². The number of amides is 1. The lowest BCUT2D eigenvalue weighted by Crippen LogP contribution is -2.41. The van der Waals surface area contributed by atoms with E-state index in [0.717, 1.165) is 59.8 Å². The van der Waals surface area contributed by atoms with Crippen LogP contribution in [0, 0.1) is 11.7 Å². The maximum atomic E-state index is 13.4. The van der Waals surface area contributed by atoms with Crippen LogP contribution in [0.1, 0.15) is 24.0 Å². The van der Waals surface area contributed by atoms with E-state index in [-0.39, 0.29) is 17.6 Å². The number of aromatic nitrogens is 2. The van der Waals surface area contributed by atoms with E-state index in [4.69, 9.17) is 9.72 Å². The highest BCUT2D eigenvalue weighted by molar-refractivity contribution is 5.80. The van der Waals surface area contributed by atoms with E-state index in [2.05, 4.69) is 20.9 Å². The van der Waals surface area contributed by atoms with Crippen LogP contribution in [0.2, 0.25) is 0 Å². The lowest BCUT2D eigenvalue weighted by Gasteiger charge is -2.32. The molecule has 7 heteroatoms. The number of ether oxygens (including phenoxy) is 1. The number of fused-ring (bicyclic) bond motifs is 1. The molecule has 0 unspecified atom stereocenters. The first kappa shape index (κ1) is 22.9. The molecule has 5 rings (SSSR count). The average molecular weight is 473 g/mol. The Bertz CT molecular complexity index is 1290. The third-order valence-corrected chi connectivity index (χ3v) is 6.66. The molecule has 1 saturated heterocycles. The molecule has 2 heterocycles. The first-order valence-corrected chi connectivity index (χ1v) is 12.0. The van der Waals surface area contributed by atoms with Crippen molar-refractivity contribution < 1.29 is 13.9 Å². The monoisotopic (exact) mass is 472 g/mol. The summed E-state index contributed by atoms with van der Waals surface area (Å²) in [6.45, 7) is 2.63. The molecule has 3 aromatic carbocycles. The standard InChI is InChI=1S/C28H29FN4O2/c1-35-24-12-8-20(9-13-24)18-30-27(34)22-14-16-32(17-15-22)28-31-25-4-2-3-5-26(25)33(28)19-21-6-10-23(29)11-7-21/h2-13,22H,14-19H2,1H3,(H,30,34). The zero-order valence-electron chi connectivity index (χ0n) is 19.8. The van der Waals surface area contributed by atoms with Crippen LogP contribution in [0.4, 0.5) is 10.3 Å². The summed E-state index contributed by atoms with van der Waals surface area (Å²) < 4.78 is 20.8. The molecule has 1 N–H and O–H groups in total. The van der Waals surface area contributed by atoms with E-state index >= 15 is 0 Å². The van der Waals surface area contributed by atoms with Gasteiger partial charge in [-0.15, -0.1) is 0 Å². The molecule has 0 bridgehead atoms. The summed E-state index contributed by atoms with van der Waals surface area (Å²) in [7, 11) is 1.64. The van der Waals surface area contributed by atoms with E-state index in [1.165, 1.54) is 12.1 Å². The molecule has 0 aliphatic carbocycles. The summed E-state index contributed by atoms with van der Waals surface area (Å²) in [6, 6.07) is 22.4. The van der Waals surface area contributed by atoms with Crippen LogP contribution in [-0.2, 0) is 17.9 Å². The number of benzene rings is 3. The molecule has 1 aromatic heterocycles. The number of carbonyl (C=O) groups is 1. The van der Waals surface area contributed by atoms with Crippen molar-refractivity contribution in [2.24, 2.45) is 5.92 Å². The smallest absolute Gasteiger partial charge is 0.223 e. The number of anilines is 1. The largest absolute Gasteiger partial charge is 0.497 e. The second-order valence-corrected chi connectivity index (χ2v) is 8.94. The van der Waals surface area contributed by atoms with Gasteiger partial charge in [0.25, 0.3) is 0 Å². The zero-order chi connectivity index (χ0) is 24.2. The molecule has 0 atom stereocenters. The Morgan fingerprint density at radius 2 is 1.69 bits per heavy atom. The predicted octanol–water partition coefficient (Wildman–Crippen LogP) is 4.77. The molecular weight excluding hydrogens is 443 g/mol. The quantitative estimate of drug-likeness (QED) is 0.421. The Labute approximate surface area is 204 Å². The minimum atomic E-state index is -0.239. The third-order valence-electron chi connectivity index (χ3n) is 6.66. The van der Waals surface area contributed by atoms with Gasteiger partial charge in [0.2, 0.25) is 11.9 Å². The highest BCUT2D eigenvalue weighted by Gasteiger charge is 2.27. The fourth-order valence-electron chi connectivity index (χ4n) is 4.65. The lowest BCUT2D eigenvalue weighted by atomic mass is 9.96. The summed E-state index contributed by atoms with van der Waals surface area (Å²) in [5.41, 5.74) is 4.05. The number of carbonyl (C=O) groups excluding carboxylic acids is 1. The van der Waals surface area contributed by atoms with E-state index in [0.29, 0.717) is 13.1 Å². The van der Waals surface area contributed by atoms with Crippen LogP contribution in [-0.4, -0.2) is 35.7 Å². The second-order valence-electron chi connectivity index (χ2n) is 8.94. The lowest BCUT2D eigenvalue weighted by molar-refractivity contribution is -0.125. The second kappa shape index (κ2) is 10.2. The number of hydrogen-bond donors (Lipinski definition) is 1. The van der Waals surface area contributed by atoms with Crippen LogP contribution >= 0.6 is 0 Å². The molecule has 1 aliphatic rings. The number of piperidine rings is 1. The van der Waals surface area contributed by atoms with Gasteiger partial charge < -0.3 is 19.5 Å². The first-order valence-electron chi connectivity index (χ1n) is 12.0. The van der Waals surface area contributed by atoms with Crippen LogP contribution in [0.3, 0.4) is 0 Å². The maximum absolute atomic E-state index is 13.4. The van der Waals surface area contributed by atoms with Crippen molar-refractivity contribution in [1.82, 2.24) is 14.9 Å². The first-order chi connectivity index (χ1) is 17.1. The maximum Gasteiger partial charge on any atom is 0.223 e. The van der Waals surface area contributed by atoms with Gasteiger partial charge in [0.05, 0.1) is 24.7 Å². The van der Waals surface area contributed by atoms with E-state index < -0.39 is 0 Å². The van der Waals surface area contributed by atoms with Crippen LogP contribution in [0.15, 0.2) is 72.8 Å². The third kappa shape index (κ3) is 5.14. The number of hydrogen-bond acceptors (Lipinski definition) is 4. The topological polar surface area (TPSA) is 59.4 Å². The Morgan fingerprint density at radius 3 is 2.40 bits per heavy atom. The van der Waals surface area contributed by atoms with Gasteiger partial charge >= 0.3 is 0 Å². The molecule has 35 heavy (non-hydrogen) atoms. The molecule has 4 aromatic rings. The van der Waals surface area contributed by atoms with Crippen molar-refractivity contribution in [2.75, 3.05) is 25.1 Å². The Hall–Kier alpha value is -3.87. The van der Waals surface area contributed by atoms with Crippen LogP contribution < -0.4 is 15.0 Å². The van der Waals surface area contributed by atoms with Gasteiger partial charge in [0, 0.05) is 25.6 Å². The Morgan fingerprint density at radius 1 is 1.00 bits per heavy atom. The Kier molecular flexibility index (Phi) is 6.66. The fourth-order valence-corrected chi connectivity index (χ4v) is 4.65. The molecule has 1 fully saturated rings. The normalized spacial score (nSPS) is 14.3. The number of methoxy groups -OCH3 is 1. The predicted molar refractivity (Wildman–Crippen MR) is 135 cm³/mol. The minimum Gasteiger partial charge on any atom is -0.497 e. The van der Waals surface area contributed by atoms with Gasteiger partial charge in [-0.25, -0.2) is 9.37 Å². The van der Waals surface area contributed by atoms with Gasteiger partial charge in [0.1, 0.15) is 11.6 Å². The van der Waals surface area contributed by atoms with Gasteiger partial charge in [0.15, 0.2) is 0 Å². The molecule has 0 spiro atoms. The summed E-state index contributed by atoms with van der Waals surface area (Å²) in [5, 5.41) is 3.08.